The van der Waals surface area contributed by atoms with Gasteiger partial charge in [0.1, 0.15) is 0 Å². The van der Waals surface area contributed by atoms with Gasteiger partial charge in [-0.3, -0.25) is 9.97 Å². The molecule has 0 atom stereocenters. The van der Waals surface area contributed by atoms with Crippen LogP contribution in [0.25, 0.3) is 21.8 Å². The van der Waals surface area contributed by atoms with Gasteiger partial charge in [0, 0.05) is 17.0 Å². The van der Waals surface area contributed by atoms with Gasteiger partial charge in [0.2, 0.25) is 0 Å². The minimum Gasteiger partial charge on any atom is -0.256 e. The van der Waals surface area contributed by atoms with Gasteiger partial charge in [-0.25, -0.2) is 0 Å². The van der Waals surface area contributed by atoms with Crippen molar-refractivity contribution in [3.8, 4) is 0 Å². The molecule has 0 fully saturated rings. The zero-order chi connectivity index (χ0) is 21.1. The largest absolute Gasteiger partial charge is 0.256 e. The Morgan fingerprint density at radius 2 is 1.42 bits per heavy atom. The molecule has 6 rings (SSSR count). The lowest BCUT2D eigenvalue weighted by atomic mass is 9.70. The molecule has 2 heteroatoms. The fraction of sp³-hybridized carbons (Fsp3) is 0.172. The van der Waals surface area contributed by atoms with Crippen LogP contribution in [0.5, 0.6) is 0 Å². The summed E-state index contributed by atoms with van der Waals surface area (Å²) in [6.45, 7) is 4.71. The highest BCUT2D eigenvalue weighted by Crippen LogP contribution is 2.56. The smallest absolute Gasteiger partial charge is 0.0800 e. The van der Waals surface area contributed by atoms with E-state index in [4.69, 9.17) is 4.98 Å². The summed E-state index contributed by atoms with van der Waals surface area (Å²) in [4.78, 5) is 10.0. The number of benzene rings is 3. The Morgan fingerprint density at radius 3 is 2.10 bits per heavy atom. The van der Waals surface area contributed by atoms with E-state index >= 15 is 0 Å². The van der Waals surface area contributed by atoms with E-state index in [0.29, 0.717) is 0 Å². The van der Waals surface area contributed by atoms with Crippen LogP contribution in [0.3, 0.4) is 0 Å². The van der Waals surface area contributed by atoms with Crippen molar-refractivity contribution in [3.05, 3.63) is 120 Å². The van der Waals surface area contributed by atoms with E-state index in [2.05, 4.69) is 104 Å². The molecule has 2 aromatic heterocycles. The van der Waals surface area contributed by atoms with E-state index in [-0.39, 0.29) is 10.8 Å². The molecule has 1 aliphatic rings. The van der Waals surface area contributed by atoms with Crippen LogP contribution in [0.2, 0.25) is 0 Å². The molecule has 1 aliphatic carbocycles. The minimum atomic E-state index is -0.278. The lowest BCUT2D eigenvalue weighted by Crippen LogP contribution is -2.29. The summed E-state index contributed by atoms with van der Waals surface area (Å²) < 4.78 is 0. The predicted octanol–water partition coefficient (Wildman–Crippen LogP) is 6.80. The van der Waals surface area contributed by atoms with Crippen molar-refractivity contribution in [3.63, 3.8) is 0 Å². The van der Waals surface area contributed by atoms with Gasteiger partial charge in [0.15, 0.2) is 0 Å². The van der Waals surface area contributed by atoms with Crippen LogP contribution in [-0.2, 0) is 10.8 Å². The fourth-order valence-electron chi connectivity index (χ4n) is 5.56. The van der Waals surface area contributed by atoms with E-state index in [1.54, 1.807) is 0 Å². The Kier molecular flexibility index (Phi) is 3.82. The van der Waals surface area contributed by atoms with Gasteiger partial charge in [-0.15, -0.1) is 0 Å². The highest BCUT2D eigenvalue weighted by molar-refractivity contribution is 6.04. The minimum absolute atomic E-state index is 0.00605. The molecular formula is C29H24N2. The van der Waals surface area contributed by atoms with Crippen LogP contribution < -0.4 is 0 Å². The normalized spacial score (nSPS) is 16.5. The molecule has 2 heterocycles. The average Bonchev–Trinajstić information content (AvgIpc) is 3.06. The van der Waals surface area contributed by atoms with Crippen LogP contribution in [0.1, 0.15) is 42.7 Å². The summed E-state index contributed by atoms with van der Waals surface area (Å²) in [6, 6.07) is 32.6. The SMILES string of the molecule is CC1(C)CC(c2ccccc2)(c2ccccc2)c2nc3c(ccc4ncccc43)cc21. The van der Waals surface area contributed by atoms with Crippen LogP contribution in [0.15, 0.2) is 97.2 Å². The molecule has 31 heavy (non-hydrogen) atoms. The second kappa shape index (κ2) is 6.49. The Labute approximate surface area is 182 Å². The first-order valence-corrected chi connectivity index (χ1v) is 10.9. The van der Waals surface area contributed by atoms with Gasteiger partial charge < -0.3 is 0 Å². The molecule has 0 amide bonds. The summed E-state index contributed by atoms with van der Waals surface area (Å²) in [6.07, 6.45) is 2.84. The number of pyridine rings is 2. The van der Waals surface area contributed by atoms with Gasteiger partial charge in [-0.05, 0) is 52.8 Å². The van der Waals surface area contributed by atoms with Crippen molar-refractivity contribution in [1.29, 1.82) is 0 Å². The molecule has 0 aliphatic heterocycles. The first-order chi connectivity index (χ1) is 15.1. The summed E-state index contributed by atoms with van der Waals surface area (Å²) in [5.41, 5.74) is 6.89. The van der Waals surface area contributed by atoms with Crippen molar-refractivity contribution in [1.82, 2.24) is 9.97 Å². The van der Waals surface area contributed by atoms with Crippen molar-refractivity contribution in [2.24, 2.45) is 0 Å². The average molecular weight is 401 g/mol. The zero-order valence-corrected chi connectivity index (χ0v) is 17.8. The maximum Gasteiger partial charge on any atom is 0.0800 e. The number of fused-ring (bicyclic) bond motifs is 4. The van der Waals surface area contributed by atoms with Gasteiger partial charge in [-0.1, -0.05) is 80.6 Å². The second-order valence-corrected chi connectivity index (χ2v) is 9.29. The van der Waals surface area contributed by atoms with Crippen LogP contribution >= 0.6 is 0 Å². The molecule has 0 spiro atoms. The number of rotatable bonds is 2. The Bertz CT molecular complexity index is 1380. The van der Waals surface area contributed by atoms with Crippen molar-refractivity contribution < 1.29 is 0 Å². The van der Waals surface area contributed by atoms with Crippen molar-refractivity contribution in [2.45, 2.75) is 31.1 Å². The third-order valence-corrected chi connectivity index (χ3v) is 6.94. The molecule has 0 N–H and O–H groups in total. The molecule has 150 valence electrons. The number of aromatic nitrogens is 2. The Morgan fingerprint density at radius 1 is 0.742 bits per heavy atom. The maximum atomic E-state index is 5.45. The molecule has 0 bridgehead atoms. The standard InChI is InChI=1S/C29H24N2/c1-28(2)19-29(21-10-5-3-6-11-21,22-12-7-4-8-13-22)27-24(28)18-20-15-16-25-23(26(20)31-27)14-9-17-30-25/h3-18H,19H2,1-2H3. The lowest BCUT2D eigenvalue weighted by Gasteiger charge is -2.33. The summed E-state index contributed by atoms with van der Waals surface area (Å²) in [5, 5.41) is 2.30. The van der Waals surface area contributed by atoms with Gasteiger partial charge in [0.25, 0.3) is 0 Å². The predicted molar refractivity (Wildman–Crippen MR) is 127 cm³/mol. The molecule has 3 aromatic carbocycles. The van der Waals surface area contributed by atoms with Gasteiger partial charge >= 0.3 is 0 Å². The molecule has 0 saturated carbocycles. The van der Waals surface area contributed by atoms with E-state index in [1.165, 1.54) is 27.8 Å². The fourth-order valence-corrected chi connectivity index (χ4v) is 5.56. The number of hydrogen-bond acceptors (Lipinski definition) is 2. The third-order valence-electron chi connectivity index (χ3n) is 6.94. The maximum absolute atomic E-state index is 5.45. The molecule has 5 aromatic rings. The van der Waals surface area contributed by atoms with E-state index < -0.39 is 0 Å². The zero-order valence-electron chi connectivity index (χ0n) is 17.8. The van der Waals surface area contributed by atoms with Gasteiger partial charge in [-0.2, -0.15) is 0 Å². The molecule has 0 unspecified atom stereocenters. The first kappa shape index (κ1) is 18.3. The topological polar surface area (TPSA) is 25.8 Å². The summed E-state index contributed by atoms with van der Waals surface area (Å²) in [7, 11) is 0. The number of hydrogen-bond donors (Lipinski definition) is 0. The van der Waals surface area contributed by atoms with E-state index in [1.807, 2.05) is 12.3 Å². The first-order valence-electron chi connectivity index (χ1n) is 10.9. The van der Waals surface area contributed by atoms with Crippen molar-refractivity contribution >= 4 is 21.8 Å². The molecular weight excluding hydrogens is 376 g/mol. The molecule has 0 saturated heterocycles. The van der Waals surface area contributed by atoms with Crippen LogP contribution in [-0.4, -0.2) is 9.97 Å². The summed E-state index contributed by atoms with van der Waals surface area (Å²) >= 11 is 0. The van der Waals surface area contributed by atoms with E-state index in [0.717, 1.165) is 22.8 Å². The van der Waals surface area contributed by atoms with Crippen molar-refractivity contribution in [2.75, 3.05) is 0 Å². The van der Waals surface area contributed by atoms with Crippen LogP contribution in [0.4, 0.5) is 0 Å². The Hall–Kier alpha value is -3.52. The second-order valence-electron chi connectivity index (χ2n) is 9.29. The third kappa shape index (κ3) is 2.58. The Balaban J connectivity index is 1.77. The summed E-state index contributed by atoms with van der Waals surface area (Å²) in [5.74, 6) is 0. The van der Waals surface area contributed by atoms with Gasteiger partial charge in [0.05, 0.1) is 22.1 Å². The highest BCUT2D eigenvalue weighted by atomic mass is 14.8. The lowest BCUT2D eigenvalue weighted by molar-refractivity contribution is 0.442. The quantitative estimate of drug-likeness (QED) is 0.305. The van der Waals surface area contributed by atoms with E-state index in [9.17, 15) is 0 Å². The molecule has 0 radical (unpaired) electrons. The van der Waals surface area contributed by atoms with Crippen LogP contribution in [0, 0.1) is 0 Å². The highest BCUT2D eigenvalue weighted by Gasteiger charge is 2.51. The number of nitrogens with zero attached hydrogens (tertiary/aromatic N) is 2. The molecule has 2 nitrogen and oxygen atoms in total. The monoisotopic (exact) mass is 400 g/mol.